The molecule has 1 aliphatic carbocycles. The molecule has 0 aliphatic heterocycles. The van der Waals surface area contributed by atoms with E-state index in [2.05, 4.69) is 20.5 Å². The van der Waals surface area contributed by atoms with Gasteiger partial charge in [-0.25, -0.2) is 0 Å². The molecule has 1 heterocycles. The molecule has 1 aromatic carbocycles. The van der Waals surface area contributed by atoms with Crippen LogP contribution in [0.15, 0.2) is 35.3 Å². The van der Waals surface area contributed by atoms with Crippen LogP contribution in [0, 0.1) is 0 Å². The minimum Gasteiger partial charge on any atom is -0.310 e. The maximum atomic E-state index is 12.8. The number of hydrogen-bond acceptors (Lipinski definition) is 3. The molecule has 5 nitrogen and oxygen atoms in total. The van der Waals surface area contributed by atoms with Gasteiger partial charge in [0.2, 0.25) is 0 Å². The van der Waals surface area contributed by atoms with Gasteiger partial charge in [0.1, 0.15) is 5.84 Å². The van der Waals surface area contributed by atoms with Crippen molar-refractivity contribution < 1.29 is 31.1 Å². The molecule has 1 saturated carbocycles. The summed E-state index contributed by atoms with van der Waals surface area (Å²) in [5.41, 5.74) is -1.89. The second-order valence-electron chi connectivity index (χ2n) is 7.70. The fourth-order valence-corrected chi connectivity index (χ4v) is 3.52. The number of alkyl halides is 6. The van der Waals surface area contributed by atoms with Crippen LogP contribution >= 0.6 is 0 Å². The Labute approximate surface area is 180 Å². The van der Waals surface area contributed by atoms with E-state index in [0.717, 1.165) is 68.9 Å². The molecule has 0 radical (unpaired) electrons. The molecule has 0 spiro atoms. The Morgan fingerprint density at radius 3 is 2.16 bits per heavy atom. The van der Waals surface area contributed by atoms with Crippen LogP contribution in [0.25, 0.3) is 0 Å². The standard InChI is InChI=1S/C21H22F6N4O/c22-20(23,24)14-9-7-13(8-10-14)19(32)29-18(28-15-5-3-1-2-4-6-15)12-16-11-17(31-30-16)21(25,26)27/h7-11,15H,1-6,12H2,(H,30,31)(H,28,29,32). The highest BCUT2D eigenvalue weighted by Gasteiger charge is 2.34. The number of hydrogen-bond donors (Lipinski definition) is 2. The molecule has 0 saturated heterocycles. The van der Waals surface area contributed by atoms with Gasteiger partial charge in [-0.3, -0.25) is 14.9 Å². The summed E-state index contributed by atoms with van der Waals surface area (Å²) < 4.78 is 76.8. The third-order valence-corrected chi connectivity index (χ3v) is 5.17. The van der Waals surface area contributed by atoms with Gasteiger partial charge in [-0.1, -0.05) is 25.7 Å². The van der Waals surface area contributed by atoms with Gasteiger partial charge in [-0.05, 0) is 43.2 Å². The Hall–Kier alpha value is -2.85. The first-order valence-corrected chi connectivity index (χ1v) is 10.2. The van der Waals surface area contributed by atoms with Gasteiger partial charge < -0.3 is 5.32 Å². The molecule has 2 N–H and O–H groups in total. The van der Waals surface area contributed by atoms with Gasteiger partial charge in [0.25, 0.3) is 5.91 Å². The number of aliphatic imine (C=N–C) groups is 1. The lowest BCUT2D eigenvalue weighted by Gasteiger charge is -2.14. The van der Waals surface area contributed by atoms with Gasteiger partial charge >= 0.3 is 12.4 Å². The first-order chi connectivity index (χ1) is 15.0. The lowest BCUT2D eigenvalue weighted by Crippen LogP contribution is -2.33. The molecule has 3 rings (SSSR count). The van der Waals surface area contributed by atoms with Crippen molar-refractivity contribution in [1.82, 2.24) is 15.5 Å². The summed E-state index contributed by atoms with van der Waals surface area (Å²) in [5, 5.41) is 8.11. The minimum absolute atomic E-state index is 0.0212. The zero-order chi connectivity index (χ0) is 23.4. The van der Waals surface area contributed by atoms with E-state index >= 15 is 0 Å². The van der Waals surface area contributed by atoms with E-state index in [4.69, 9.17) is 0 Å². The maximum absolute atomic E-state index is 12.8. The molecular weight excluding hydrogens is 438 g/mol. The number of carbonyl (C=O) groups excluding carboxylic acids is 1. The van der Waals surface area contributed by atoms with Gasteiger partial charge in [0.05, 0.1) is 11.6 Å². The van der Waals surface area contributed by atoms with Crippen molar-refractivity contribution in [3.63, 3.8) is 0 Å². The van der Waals surface area contributed by atoms with E-state index in [1.807, 2.05) is 0 Å². The highest BCUT2D eigenvalue weighted by molar-refractivity contribution is 6.06. The monoisotopic (exact) mass is 460 g/mol. The number of carbonyl (C=O) groups is 1. The van der Waals surface area contributed by atoms with Crippen LogP contribution in [0.1, 0.15) is 65.8 Å². The number of nitrogens with one attached hydrogen (secondary N) is 2. The molecule has 1 amide bonds. The highest BCUT2D eigenvalue weighted by Crippen LogP contribution is 2.29. The fourth-order valence-electron chi connectivity index (χ4n) is 3.52. The van der Waals surface area contributed by atoms with Gasteiger partial charge in [0.15, 0.2) is 5.69 Å². The number of rotatable bonds is 4. The molecule has 32 heavy (non-hydrogen) atoms. The summed E-state index contributed by atoms with van der Waals surface area (Å²) in [6.07, 6.45) is -3.66. The number of halogens is 6. The lowest BCUT2D eigenvalue weighted by molar-refractivity contribution is -0.141. The molecule has 11 heteroatoms. The molecule has 1 fully saturated rings. The summed E-state index contributed by atoms with van der Waals surface area (Å²) >= 11 is 0. The van der Waals surface area contributed by atoms with Crippen molar-refractivity contribution in [2.45, 2.75) is 63.3 Å². The fraction of sp³-hybridized carbons (Fsp3) is 0.476. The van der Waals surface area contributed by atoms with E-state index in [1.165, 1.54) is 0 Å². The average molecular weight is 460 g/mol. The number of amides is 1. The molecule has 2 aromatic rings. The van der Waals surface area contributed by atoms with Gasteiger partial charge in [-0.15, -0.1) is 0 Å². The van der Waals surface area contributed by atoms with Crippen LogP contribution in [0.4, 0.5) is 26.3 Å². The average Bonchev–Trinajstić information content (AvgIpc) is 3.04. The number of aromatic nitrogens is 2. The highest BCUT2D eigenvalue weighted by atomic mass is 19.4. The summed E-state index contributed by atoms with van der Waals surface area (Å²) in [7, 11) is 0. The molecule has 174 valence electrons. The van der Waals surface area contributed by atoms with E-state index < -0.39 is 29.5 Å². The van der Waals surface area contributed by atoms with E-state index in [-0.39, 0.29) is 29.6 Å². The molecule has 0 atom stereocenters. The van der Waals surface area contributed by atoms with Gasteiger partial charge in [-0.2, -0.15) is 31.4 Å². The maximum Gasteiger partial charge on any atom is 0.435 e. The third-order valence-electron chi connectivity index (χ3n) is 5.17. The topological polar surface area (TPSA) is 70.1 Å². The Bertz CT molecular complexity index is 938. The molecule has 0 bridgehead atoms. The molecule has 1 aliphatic rings. The SMILES string of the molecule is O=C(NC(Cc1cc(C(F)(F)F)n[nH]1)=NC1CCCCCC1)c1ccc(C(F)(F)F)cc1. The van der Waals surface area contributed by atoms with Crippen LogP contribution in [-0.4, -0.2) is 28.0 Å². The summed E-state index contributed by atoms with van der Waals surface area (Å²) in [6.45, 7) is 0. The second-order valence-corrected chi connectivity index (χ2v) is 7.70. The van der Waals surface area contributed by atoms with Crippen LogP contribution < -0.4 is 5.32 Å². The zero-order valence-electron chi connectivity index (χ0n) is 17.0. The van der Waals surface area contributed by atoms with Crippen LogP contribution in [-0.2, 0) is 18.8 Å². The molecular formula is C21H22F6N4O. The smallest absolute Gasteiger partial charge is 0.310 e. The van der Waals surface area contributed by atoms with Crippen molar-refractivity contribution in [1.29, 1.82) is 0 Å². The predicted octanol–water partition coefficient (Wildman–Crippen LogP) is 5.54. The Morgan fingerprint density at radius 2 is 1.62 bits per heavy atom. The Kier molecular flexibility index (Phi) is 7.25. The number of benzene rings is 1. The van der Waals surface area contributed by atoms with Crippen LogP contribution in [0.5, 0.6) is 0 Å². The normalized spacial score (nSPS) is 16.6. The third kappa shape index (κ3) is 6.57. The van der Waals surface area contributed by atoms with E-state index in [1.54, 1.807) is 0 Å². The second kappa shape index (κ2) is 9.74. The summed E-state index contributed by atoms with van der Waals surface area (Å²) in [4.78, 5) is 17.2. The Morgan fingerprint density at radius 1 is 1.00 bits per heavy atom. The van der Waals surface area contributed by atoms with Crippen molar-refractivity contribution in [2.24, 2.45) is 4.99 Å². The minimum atomic E-state index is -4.61. The van der Waals surface area contributed by atoms with Crippen molar-refractivity contribution in [3.8, 4) is 0 Å². The number of nitrogens with zero attached hydrogens (tertiary/aromatic N) is 2. The Balaban J connectivity index is 1.80. The van der Waals surface area contributed by atoms with Crippen LogP contribution in [0.2, 0.25) is 0 Å². The van der Waals surface area contributed by atoms with Crippen LogP contribution in [0.3, 0.4) is 0 Å². The summed E-state index contributed by atoms with van der Waals surface area (Å²) in [5.74, 6) is -0.555. The van der Waals surface area contributed by atoms with E-state index in [0.29, 0.717) is 0 Å². The number of amidine groups is 1. The van der Waals surface area contributed by atoms with Crippen molar-refractivity contribution >= 4 is 11.7 Å². The van der Waals surface area contributed by atoms with Gasteiger partial charge in [0, 0.05) is 17.7 Å². The first-order valence-electron chi connectivity index (χ1n) is 10.2. The summed E-state index contributed by atoms with van der Waals surface area (Å²) in [6, 6.07) is 4.42. The van der Waals surface area contributed by atoms with Crippen molar-refractivity contribution in [2.75, 3.05) is 0 Å². The van der Waals surface area contributed by atoms with Crippen molar-refractivity contribution in [3.05, 3.63) is 52.8 Å². The molecule has 1 aromatic heterocycles. The lowest BCUT2D eigenvalue weighted by atomic mass is 10.1. The quantitative estimate of drug-likeness (QED) is 0.272. The zero-order valence-corrected chi connectivity index (χ0v) is 17.0. The first kappa shape index (κ1) is 23.8. The van der Waals surface area contributed by atoms with E-state index in [9.17, 15) is 31.1 Å². The largest absolute Gasteiger partial charge is 0.435 e. The predicted molar refractivity (Wildman–Crippen MR) is 105 cm³/mol. The number of H-pyrrole nitrogens is 1. The number of aromatic amines is 1. The molecule has 0 unspecified atom stereocenters.